The number of carbonyl (C=O) groups excluding carboxylic acids is 1. The molecule has 0 radical (unpaired) electrons. The predicted molar refractivity (Wildman–Crippen MR) is 126 cm³/mol. The first-order valence-corrected chi connectivity index (χ1v) is 9.99. The maximum Gasteiger partial charge on any atom is 0.320 e. The first-order chi connectivity index (χ1) is 15.1. The molecule has 8 heteroatoms. The molecule has 2 heterocycles. The molecule has 0 unspecified atom stereocenters. The van der Waals surface area contributed by atoms with E-state index in [0.717, 1.165) is 16.9 Å². The van der Waals surface area contributed by atoms with Gasteiger partial charge in [0.1, 0.15) is 5.82 Å². The Morgan fingerprint density at radius 3 is 2.74 bits per heavy atom. The maximum atomic E-state index is 12.6. The van der Waals surface area contributed by atoms with Crippen LogP contribution in [0.2, 0.25) is 0 Å². The number of pyridine rings is 2. The highest BCUT2D eigenvalue weighted by Gasteiger charge is 2.15. The lowest BCUT2D eigenvalue weighted by atomic mass is 10.1. The van der Waals surface area contributed by atoms with Crippen molar-refractivity contribution in [2.75, 3.05) is 23.8 Å². The Hall–Kier alpha value is -3.78. The Balaban J connectivity index is 0.00000272. The van der Waals surface area contributed by atoms with Gasteiger partial charge in [0.05, 0.1) is 24.5 Å². The standard InChI is InChI=1S/C23H26N6O2.2H2/c1-3-31-15-21(17-7-5-4-6-8-17)28-23(30)29-22-12-18(13-24)20(14-26-22)27-19-9-10-25-16(2)11-19;;/h4-14,21,24H,3,15H2,1-2H3,(H,25,27)(H2,26,28,29,30);2*1H/t21-;;/m1../s1. The largest absolute Gasteiger partial charge is 0.379 e. The third-order valence-corrected chi connectivity index (χ3v) is 4.50. The lowest BCUT2D eigenvalue weighted by molar-refractivity contribution is 0.125. The summed E-state index contributed by atoms with van der Waals surface area (Å²) in [5.74, 6) is 0.343. The highest BCUT2D eigenvalue weighted by atomic mass is 16.5. The Labute approximate surface area is 184 Å². The number of aryl methyl sites for hydroxylation is 1. The average molecular weight is 423 g/mol. The van der Waals surface area contributed by atoms with Gasteiger partial charge in [-0.3, -0.25) is 10.3 Å². The van der Waals surface area contributed by atoms with E-state index in [0.29, 0.717) is 30.3 Å². The molecule has 31 heavy (non-hydrogen) atoms. The normalized spacial score (nSPS) is 11.4. The highest BCUT2D eigenvalue weighted by Crippen LogP contribution is 2.21. The lowest BCUT2D eigenvalue weighted by Crippen LogP contribution is -2.35. The fourth-order valence-electron chi connectivity index (χ4n) is 2.99. The van der Waals surface area contributed by atoms with Crippen LogP contribution in [-0.2, 0) is 4.74 Å². The first-order valence-electron chi connectivity index (χ1n) is 9.99. The molecule has 0 fully saturated rings. The van der Waals surface area contributed by atoms with Crippen molar-refractivity contribution < 1.29 is 12.4 Å². The van der Waals surface area contributed by atoms with Crippen LogP contribution in [0.5, 0.6) is 0 Å². The van der Waals surface area contributed by atoms with Crippen molar-refractivity contribution in [2.45, 2.75) is 19.9 Å². The summed E-state index contributed by atoms with van der Waals surface area (Å²) < 4.78 is 5.52. The summed E-state index contributed by atoms with van der Waals surface area (Å²) in [5.41, 5.74) is 3.92. The van der Waals surface area contributed by atoms with Gasteiger partial charge >= 0.3 is 6.03 Å². The Bertz CT molecular complexity index is 1040. The molecular formula is C23H30N6O2. The summed E-state index contributed by atoms with van der Waals surface area (Å²) in [6.45, 7) is 4.73. The Kier molecular flexibility index (Phi) is 7.67. The van der Waals surface area contributed by atoms with Crippen LogP contribution in [-0.4, -0.2) is 35.4 Å². The topological polar surface area (TPSA) is 112 Å². The van der Waals surface area contributed by atoms with Gasteiger partial charge < -0.3 is 20.8 Å². The molecule has 1 aromatic carbocycles. The summed E-state index contributed by atoms with van der Waals surface area (Å²) in [6.07, 6.45) is 4.50. The van der Waals surface area contributed by atoms with E-state index >= 15 is 0 Å². The van der Waals surface area contributed by atoms with Crippen molar-refractivity contribution in [3.05, 3.63) is 77.7 Å². The van der Waals surface area contributed by atoms with Crippen molar-refractivity contribution in [3.63, 3.8) is 0 Å². The molecule has 1 atom stereocenters. The number of carbonyl (C=O) groups is 1. The van der Waals surface area contributed by atoms with Crippen molar-refractivity contribution in [1.29, 1.82) is 5.41 Å². The van der Waals surface area contributed by atoms with Crippen molar-refractivity contribution >= 4 is 29.4 Å². The molecule has 0 aliphatic heterocycles. The number of hydrogen-bond acceptors (Lipinski definition) is 6. The number of rotatable bonds is 9. The zero-order chi connectivity index (χ0) is 22.1. The minimum atomic E-state index is -0.401. The molecule has 3 aromatic rings. The molecular weight excluding hydrogens is 392 g/mol. The molecule has 0 spiro atoms. The van der Waals surface area contributed by atoms with Gasteiger partial charge in [-0.15, -0.1) is 0 Å². The fourth-order valence-corrected chi connectivity index (χ4v) is 2.99. The van der Waals surface area contributed by atoms with E-state index in [1.807, 2.05) is 56.3 Å². The fraction of sp³-hybridized carbons (Fsp3) is 0.217. The van der Waals surface area contributed by atoms with Gasteiger partial charge in [-0.25, -0.2) is 9.78 Å². The number of anilines is 3. The van der Waals surface area contributed by atoms with Crippen LogP contribution in [0.4, 0.5) is 22.0 Å². The van der Waals surface area contributed by atoms with Gasteiger partial charge in [0.15, 0.2) is 0 Å². The minimum Gasteiger partial charge on any atom is -0.379 e. The SMILES string of the molecule is CCOC[C@@H](NC(=O)Nc1cc(C=N)c(Nc2ccnc(C)c2)cn1)c1ccccc1.[HH].[HH]. The third kappa shape index (κ3) is 6.35. The number of ether oxygens (including phenoxy) is 1. The second kappa shape index (κ2) is 10.8. The van der Waals surface area contributed by atoms with Gasteiger partial charge in [-0.05, 0) is 37.6 Å². The third-order valence-electron chi connectivity index (χ3n) is 4.50. The van der Waals surface area contributed by atoms with E-state index in [9.17, 15) is 4.79 Å². The van der Waals surface area contributed by atoms with Crippen LogP contribution in [0.3, 0.4) is 0 Å². The average Bonchev–Trinajstić information content (AvgIpc) is 2.78. The second-order valence-corrected chi connectivity index (χ2v) is 6.83. The molecule has 0 bridgehead atoms. The Morgan fingerprint density at radius 1 is 1.23 bits per heavy atom. The van der Waals surface area contributed by atoms with Crippen molar-refractivity contribution in [1.82, 2.24) is 15.3 Å². The van der Waals surface area contributed by atoms with Gasteiger partial charge in [-0.1, -0.05) is 30.3 Å². The van der Waals surface area contributed by atoms with Crippen LogP contribution in [0.15, 0.2) is 60.9 Å². The Morgan fingerprint density at radius 2 is 2.03 bits per heavy atom. The van der Waals surface area contributed by atoms with Crippen LogP contribution >= 0.6 is 0 Å². The molecule has 4 N–H and O–H groups in total. The van der Waals surface area contributed by atoms with Gasteiger partial charge in [-0.2, -0.15) is 0 Å². The predicted octanol–water partition coefficient (Wildman–Crippen LogP) is 4.92. The van der Waals surface area contributed by atoms with Crippen molar-refractivity contribution in [3.8, 4) is 0 Å². The van der Waals surface area contributed by atoms with E-state index in [1.54, 1.807) is 18.5 Å². The van der Waals surface area contributed by atoms with E-state index in [2.05, 4.69) is 25.9 Å². The van der Waals surface area contributed by atoms with Crippen LogP contribution in [0, 0.1) is 12.3 Å². The summed E-state index contributed by atoms with van der Waals surface area (Å²) in [4.78, 5) is 21.0. The molecule has 0 saturated heterocycles. The quantitative estimate of drug-likeness (QED) is 0.366. The zero-order valence-corrected chi connectivity index (χ0v) is 17.6. The number of urea groups is 1. The van der Waals surface area contributed by atoms with Gasteiger partial charge in [0.25, 0.3) is 0 Å². The molecule has 2 amide bonds. The smallest absolute Gasteiger partial charge is 0.320 e. The van der Waals surface area contributed by atoms with E-state index in [-0.39, 0.29) is 8.90 Å². The maximum absolute atomic E-state index is 12.6. The van der Waals surface area contributed by atoms with Crippen LogP contribution in [0.25, 0.3) is 0 Å². The number of aromatic nitrogens is 2. The summed E-state index contributed by atoms with van der Waals surface area (Å²) in [6, 6.07) is 14.3. The molecule has 2 aromatic heterocycles. The summed E-state index contributed by atoms with van der Waals surface area (Å²) >= 11 is 0. The highest BCUT2D eigenvalue weighted by molar-refractivity contribution is 5.92. The van der Waals surface area contributed by atoms with E-state index < -0.39 is 6.03 Å². The molecule has 164 valence electrons. The number of amides is 2. The number of hydrogen-bond donors (Lipinski definition) is 4. The first kappa shape index (κ1) is 21.9. The molecule has 0 aliphatic carbocycles. The molecule has 0 saturated carbocycles. The number of benzene rings is 1. The van der Waals surface area contributed by atoms with Crippen LogP contribution in [0.1, 0.15) is 32.6 Å². The summed E-state index contributed by atoms with van der Waals surface area (Å²) in [7, 11) is 0. The molecule has 8 nitrogen and oxygen atoms in total. The number of nitrogens with zero attached hydrogens (tertiary/aromatic N) is 2. The van der Waals surface area contributed by atoms with Gasteiger partial charge in [0.2, 0.25) is 0 Å². The minimum absolute atomic E-state index is 0. The summed E-state index contributed by atoms with van der Waals surface area (Å²) in [5, 5.41) is 16.6. The number of nitrogens with one attached hydrogen (secondary N) is 4. The monoisotopic (exact) mass is 422 g/mol. The van der Waals surface area contributed by atoms with E-state index in [1.165, 1.54) is 6.21 Å². The molecule has 3 rings (SSSR count). The lowest BCUT2D eigenvalue weighted by Gasteiger charge is -2.19. The second-order valence-electron chi connectivity index (χ2n) is 6.83. The van der Waals surface area contributed by atoms with Crippen molar-refractivity contribution in [2.24, 2.45) is 0 Å². The van der Waals surface area contributed by atoms with Crippen LogP contribution < -0.4 is 16.0 Å². The van der Waals surface area contributed by atoms with E-state index in [4.69, 9.17) is 10.1 Å². The van der Waals surface area contributed by atoms with Gasteiger partial charge in [0, 0.05) is 38.8 Å². The zero-order valence-electron chi connectivity index (χ0n) is 17.6. The molecule has 0 aliphatic rings.